The van der Waals surface area contributed by atoms with Crippen LogP contribution < -0.4 is 15.1 Å². The summed E-state index contributed by atoms with van der Waals surface area (Å²) in [6.45, 7) is 10.2. The summed E-state index contributed by atoms with van der Waals surface area (Å²) >= 11 is 0. The van der Waals surface area contributed by atoms with E-state index in [1.807, 2.05) is 31.2 Å². The summed E-state index contributed by atoms with van der Waals surface area (Å²) in [6, 6.07) is 7.76. The molecule has 0 aliphatic carbocycles. The van der Waals surface area contributed by atoms with Crippen molar-refractivity contribution in [3.8, 4) is 0 Å². The number of carbonyl (C=O) groups is 2. The molecule has 5 nitrogen and oxygen atoms in total. The van der Waals surface area contributed by atoms with Gasteiger partial charge in [0.1, 0.15) is 6.54 Å². The molecular formula is C17H27N3O2. The second-order valence-electron chi connectivity index (χ2n) is 5.14. The van der Waals surface area contributed by atoms with Gasteiger partial charge in [0.25, 0.3) is 0 Å². The molecule has 0 aliphatic heterocycles. The zero-order valence-electron chi connectivity index (χ0n) is 14.1. The van der Waals surface area contributed by atoms with Crippen molar-refractivity contribution in [3.05, 3.63) is 24.3 Å². The Hall–Kier alpha value is -2.04. The predicted octanol–water partition coefficient (Wildman–Crippen LogP) is 2.41. The molecule has 0 spiro atoms. The fraction of sp³-hybridized carbons (Fsp3) is 0.529. The first-order chi connectivity index (χ1) is 10.5. The van der Waals surface area contributed by atoms with E-state index in [1.54, 1.807) is 0 Å². The SMILES string of the molecule is CCCNC(=O)CN(C(C)=O)c1ccc(N(CC)CC)cc1. The van der Waals surface area contributed by atoms with Crippen molar-refractivity contribution in [2.45, 2.75) is 34.1 Å². The molecule has 2 amide bonds. The maximum atomic E-state index is 11.8. The lowest BCUT2D eigenvalue weighted by Crippen LogP contribution is -2.40. The van der Waals surface area contributed by atoms with E-state index in [9.17, 15) is 9.59 Å². The molecule has 0 unspecified atom stereocenters. The average molecular weight is 305 g/mol. The largest absolute Gasteiger partial charge is 0.372 e. The lowest BCUT2D eigenvalue weighted by molar-refractivity contribution is -0.123. The lowest BCUT2D eigenvalue weighted by Gasteiger charge is -2.24. The number of benzene rings is 1. The molecule has 1 aromatic rings. The van der Waals surface area contributed by atoms with E-state index in [4.69, 9.17) is 0 Å². The van der Waals surface area contributed by atoms with Crippen molar-refractivity contribution >= 4 is 23.2 Å². The maximum absolute atomic E-state index is 11.8. The minimum atomic E-state index is -0.137. The van der Waals surface area contributed by atoms with E-state index in [0.717, 1.165) is 30.9 Å². The maximum Gasteiger partial charge on any atom is 0.240 e. The molecule has 0 saturated heterocycles. The van der Waals surface area contributed by atoms with Gasteiger partial charge in [-0.1, -0.05) is 6.92 Å². The highest BCUT2D eigenvalue weighted by Crippen LogP contribution is 2.20. The molecular weight excluding hydrogens is 278 g/mol. The van der Waals surface area contributed by atoms with Gasteiger partial charge in [-0.25, -0.2) is 0 Å². The molecule has 5 heteroatoms. The van der Waals surface area contributed by atoms with Crippen LogP contribution in [-0.2, 0) is 9.59 Å². The molecule has 0 atom stereocenters. The Morgan fingerprint density at radius 1 is 1.00 bits per heavy atom. The summed E-state index contributed by atoms with van der Waals surface area (Å²) in [7, 11) is 0. The quantitative estimate of drug-likeness (QED) is 0.802. The summed E-state index contributed by atoms with van der Waals surface area (Å²) in [5, 5.41) is 2.79. The third-order valence-electron chi connectivity index (χ3n) is 3.54. The summed E-state index contributed by atoms with van der Waals surface area (Å²) < 4.78 is 0. The molecule has 1 N–H and O–H groups in total. The number of hydrogen-bond donors (Lipinski definition) is 1. The molecule has 22 heavy (non-hydrogen) atoms. The van der Waals surface area contributed by atoms with Gasteiger partial charge in [-0.05, 0) is 44.5 Å². The lowest BCUT2D eigenvalue weighted by atomic mass is 10.2. The highest BCUT2D eigenvalue weighted by molar-refractivity contribution is 5.97. The van der Waals surface area contributed by atoms with Crippen molar-refractivity contribution in [3.63, 3.8) is 0 Å². The Labute approximate surface area is 133 Å². The second-order valence-corrected chi connectivity index (χ2v) is 5.14. The van der Waals surface area contributed by atoms with Crippen molar-refractivity contribution < 1.29 is 9.59 Å². The number of rotatable bonds is 8. The van der Waals surface area contributed by atoms with Gasteiger partial charge in [-0.15, -0.1) is 0 Å². The number of carbonyl (C=O) groups excluding carboxylic acids is 2. The smallest absolute Gasteiger partial charge is 0.240 e. The van der Waals surface area contributed by atoms with Gasteiger partial charge in [0.05, 0.1) is 0 Å². The van der Waals surface area contributed by atoms with Gasteiger partial charge in [0.15, 0.2) is 0 Å². The number of amides is 2. The standard InChI is InChI=1S/C17H27N3O2/c1-5-12-18-17(22)13-20(14(4)21)16-10-8-15(9-11-16)19(6-2)7-3/h8-11H,5-7,12-13H2,1-4H3,(H,18,22). The van der Waals surface area contributed by atoms with Crippen LogP contribution in [0.15, 0.2) is 24.3 Å². The van der Waals surface area contributed by atoms with E-state index >= 15 is 0 Å². The third kappa shape index (κ3) is 5.06. The molecule has 0 radical (unpaired) electrons. The first-order valence-electron chi connectivity index (χ1n) is 7.93. The van der Waals surface area contributed by atoms with Crippen LogP contribution in [0.25, 0.3) is 0 Å². The van der Waals surface area contributed by atoms with Gasteiger partial charge in [-0.3, -0.25) is 9.59 Å². The van der Waals surface area contributed by atoms with Gasteiger partial charge in [0.2, 0.25) is 11.8 Å². The van der Waals surface area contributed by atoms with Crippen molar-refractivity contribution in [1.29, 1.82) is 0 Å². The number of hydrogen-bond acceptors (Lipinski definition) is 3. The summed E-state index contributed by atoms with van der Waals surface area (Å²) in [5.41, 5.74) is 1.86. The normalized spacial score (nSPS) is 10.2. The molecule has 0 fully saturated rings. The Morgan fingerprint density at radius 3 is 2.00 bits per heavy atom. The van der Waals surface area contributed by atoms with Crippen LogP contribution in [0.1, 0.15) is 34.1 Å². The van der Waals surface area contributed by atoms with Crippen LogP contribution >= 0.6 is 0 Å². The Bertz CT molecular complexity index is 481. The van der Waals surface area contributed by atoms with Crippen LogP contribution in [-0.4, -0.2) is 38.0 Å². The molecule has 0 heterocycles. The second kappa shape index (κ2) is 9.07. The Balaban J connectivity index is 2.84. The Morgan fingerprint density at radius 2 is 1.55 bits per heavy atom. The minimum Gasteiger partial charge on any atom is -0.372 e. The highest BCUT2D eigenvalue weighted by atomic mass is 16.2. The van der Waals surface area contributed by atoms with Crippen LogP contribution in [0, 0.1) is 0 Å². The molecule has 122 valence electrons. The Kier molecular flexibility index (Phi) is 7.43. The summed E-state index contributed by atoms with van der Waals surface area (Å²) in [4.78, 5) is 27.4. The van der Waals surface area contributed by atoms with Gasteiger partial charge >= 0.3 is 0 Å². The van der Waals surface area contributed by atoms with Crippen molar-refractivity contribution in [1.82, 2.24) is 5.32 Å². The fourth-order valence-electron chi connectivity index (χ4n) is 2.28. The van der Waals surface area contributed by atoms with Crippen LogP contribution in [0.4, 0.5) is 11.4 Å². The van der Waals surface area contributed by atoms with Crippen molar-refractivity contribution in [2.24, 2.45) is 0 Å². The summed E-state index contributed by atoms with van der Waals surface area (Å²) in [6.07, 6.45) is 0.879. The predicted molar refractivity (Wildman–Crippen MR) is 91.3 cm³/mol. The first kappa shape index (κ1) is 18.0. The van der Waals surface area contributed by atoms with Crippen molar-refractivity contribution in [2.75, 3.05) is 36.0 Å². The molecule has 1 aromatic carbocycles. The van der Waals surface area contributed by atoms with Crippen LogP contribution in [0.5, 0.6) is 0 Å². The fourth-order valence-corrected chi connectivity index (χ4v) is 2.28. The van der Waals surface area contributed by atoms with E-state index < -0.39 is 0 Å². The highest BCUT2D eigenvalue weighted by Gasteiger charge is 2.15. The average Bonchev–Trinajstić information content (AvgIpc) is 2.52. The topological polar surface area (TPSA) is 52.7 Å². The minimum absolute atomic E-state index is 0.0555. The molecule has 0 bridgehead atoms. The zero-order chi connectivity index (χ0) is 16.5. The van der Waals surface area contributed by atoms with Gasteiger partial charge in [-0.2, -0.15) is 0 Å². The van der Waals surface area contributed by atoms with Gasteiger partial charge < -0.3 is 15.1 Å². The number of nitrogens with one attached hydrogen (secondary N) is 1. The number of anilines is 2. The summed E-state index contributed by atoms with van der Waals surface area (Å²) in [5.74, 6) is -0.271. The molecule has 0 saturated carbocycles. The first-order valence-corrected chi connectivity index (χ1v) is 7.93. The van der Waals surface area contributed by atoms with Crippen LogP contribution in [0.3, 0.4) is 0 Å². The molecule has 0 aromatic heterocycles. The number of nitrogens with zero attached hydrogens (tertiary/aromatic N) is 2. The monoisotopic (exact) mass is 305 g/mol. The third-order valence-corrected chi connectivity index (χ3v) is 3.54. The van der Waals surface area contributed by atoms with Gasteiger partial charge in [0, 0.05) is 37.9 Å². The van der Waals surface area contributed by atoms with Crippen LogP contribution in [0.2, 0.25) is 0 Å². The molecule has 1 rings (SSSR count). The van der Waals surface area contributed by atoms with E-state index in [1.165, 1.54) is 11.8 Å². The zero-order valence-corrected chi connectivity index (χ0v) is 14.1. The molecule has 0 aliphatic rings. The van der Waals surface area contributed by atoms with E-state index in [-0.39, 0.29) is 18.4 Å². The van der Waals surface area contributed by atoms with E-state index in [2.05, 4.69) is 24.1 Å². The van der Waals surface area contributed by atoms with E-state index in [0.29, 0.717) is 6.54 Å².